The highest BCUT2D eigenvalue weighted by atomic mass is 14.9. The maximum absolute atomic E-state index is 4.50. The quantitative estimate of drug-likeness (QED) is 0.660. The summed E-state index contributed by atoms with van der Waals surface area (Å²) in [4.78, 5) is 0. The molecular weight excluding hydrogens is 157 g/mol. The summed E-state index contributed by atoms with van der Waals surface area (Å²) in [7, 11) is 4.50. The van der Waals surface area contributed by atoms with Crippen LogP contribution in [0.4, 0.5) is 0 Å². The first-order chi connectivity index (χ1) is 6.33. The Morgan fingerprint density at radius 1 is 1.31 bits per heavy atom. The van der Waals surface area contributed by atoms with Crippen LogP contribution in [0, 0.1) is 5.92 Å². The summed E-state index contributed by atoms with van der Waals surface area (Å²) in [5.41, 5.74) is 0. The molecule has 2 unspecified atom stereocenters. The number of rotatable bonds is 3. The van der Waals surface area contributed by atoms with E-state index in [9.17, 15) is 0 Å². The highest BCUT2D eigenvalue weighted by Crippen LogP contribution is 2.19. The molecule has 0 spiro atoms. The largest absolute Gasteiger partial charge is 0.314 e. The van der Waals surface area contributed by atoms with Gasteiger partial charge in [-0.3, -0.25) is 0 Å². The fourth-order valence-electron chi connectivity index (χ4n) is 1.80. The lowest BCUT2D eigenvalue weighted by atomic mass is 9.91. The molecule has 0 aromatic carbocycles. The van der Waals surface area contributed by atoms with Gasteiger partial charge in [0.1, 0.15) is 0 Å². The van der Waals surface area contributed by atoms with Crippen molar-refractivity contribution in [3.05, 3.63) is 0 Å². The van der Waals surface area contributed by atoms with E-state index in [1.165, 1.54) is 45.5 Å². The zero-order valence-corrected chi connectivity index (χ0v) is 9.47. The summed E-state index contributed by atoms with van der Waals surface area (Å²) in [6.45, 7) is 7.33. The Balaban J connectivity index is 0.000000671. The number of hydrogen-bond donors (Lipinski definition) is 1. The molecule has 0 saturated carbocycles. The summed E-state index contributed by atoms with van der Waals surface area (Å²) < 4.78 is 0. The van der Waals surface area contributed by atoms with Gasteiger partial charge >= 0.3 is 0 Å². The van der Waals surface area contributed by atoms with Gasteiger partial charge in [-0.05, 0) is 38.6 Å². The van der Waals surface area contributed by atoms with Crippen LogP contribution in [0.2, 0.25) is 6.82 Å². The third-order valence-corrected chi connectivity index (χ3v) is 2.73. The smallest absolute Gasteiger partial charge is 0.0606 e. The molecule has 76 valence electrons. The predicted octanol–water partition coefficient (Wildman–Crippen LogP) is 2.77. The van der Waals surface area contributed by atoms with Gasteiger partial charge in [-0.1, -0.05) is 26.6 Å². The summed E-state index contributed by atoms with van der Waals surface area (Å²) in [6.07, 6.45) is 7.05. The molecule has 1 rings (SSSR count). The van der Waals surface area contributed by atoms with Gasteiger partial charge in [0.15, 0.2) is 0 Å². The number of hydrogen-bond acceptors (Lipinski definition) is 1. The third-order valence-electron chi connectivity index (χ3n) is 2.73. The van der Waals surface area contributed by atoms with Gasteiger partial charge in [0, 0.05) is 6.04 Å². The Morgan fingerprint density at radius 2 is 2.00 bits per heavy atom. The molecule has 1 fully saturated rings. The van der Waals surface area contributed by atoms with Crippen molar-refractivity contribution in [1.82, 2.24) is 5.32 Å². The summed E-state index contributed by atoms with van der Waals surface area (Å²) in [6, 6.07) is 0.771. The lowest BCUT2D eigenvalue weighted by Crippen LogP contribution is -2.36. The van der Waals surface area contributed by atoms with E-state index in [1.54, 1.807) is 0 Å². The van der Waals surface area contributed by atoms with E-state index in [-0.39, 0.29) is 0 Å². The molecule has 1 heterocycles. The van der Waals surface area contributed by atoms with Gasteiger partial charge in [0.2, 0.25) is 0 Å². The van der Waals surface area contributed by atoms with Gasteiger partial charge in [-0.15, -0.1) is 0 Å². The van der Waals surface area contributed by atoms with Crippen LogP contribution in [-0.2, 0) is 0 Å². The average Bonchev–Trinajstić information content (AvgIpc) is 2.20. The second kappa shape index (κ2) is 8.62. The van der Waals surface area contributed by atoms with Gasteiger partial charge in [-0.25, -0.2) is 0 Å². The first-order valence-corrected chi connectivity index (χ1v) is 5.64. The van der Waals surface area contributed by atoms with Crippen LogP contribution in [-0.4, -0.2) is 20.4 Å². The molecule has 13 heavy (non-hydrogen) atoms. The van der Waals surface area contributed by atoms with Crippen molar-refractivity contribution in [3.8, 4) is 0 Å². The maximum atomic E-state index is 4.50. The van der Waals surface area contributed by atoms with E-state index in [0.717, 1.165) is 12.0 Å². The molecule has 0 aromatic rings. The van der Waals surface area contributed by atoms with Crippen molar-refractivity contribution >= 4 is 7.85 Å². The summed E-state index contributed by atoms with van der Waals surface area (Å²) >= 11 is 0. The SMILES string of the molecule is CCCCC1CCC(C)NC1.[B]C. The third kappa shape index (κ3) is 6.14. The molecule has 1 nitrogen and oxygen atoms in total. The van der Waals surface area contributed by atoms with Crippen molar-refractivity contribution in [2.24, 2.45) is 5.92 Å². The van der Waals surface area contributed by atoms with E-state index in [0.29, 0.717) is 0 Å². The van der Waals surface area contributed by atoms with Crippen LogP contribution in [0.5, 0.6) is 0 Å². The Bertz CT molecular complexity index is 95.5. The highest BCUT2D eigenvalue weighted by molar-refractivity contribution is 6.05. The minimum atomic E-state index is 0.771. The number of unbranched alkanes of at least 4 members (excludes halogenated alkanes) is 1. The van der Waals surface area contributed by atoms with E-state index >= 15 is 0 Å². The van der Waals surface area contributed by atoms with Crippen LogP contribution >= 0.6 is 0 Å². The van der Waals surface area contributed by atoms with Crippen molar-refractivity contribution in [1.29, 1.82) is 0 Å². The van der Waals surface area contributed by atoms with E-state index < -0.39 is 0 Å². The highest BCUT2D eigenvalue weighted by Gasteiger charge is 2.16. The first kappa shape index (κ1) is 13.0. The second-order valence-electron chi connectivity index (χ2n) is 3.89. The molecule has 0 amide bonds. The Morgan fingerprint density at radius 3 is 2.46 bits per heavy atom. The van der Waals surface area contributed by atoms with Crippen molar-refractivity contribution in [3.63, 3.8) is 0 Å². The maximum Gasteiger partial charge on any atom is 0.0606 e. The van der Waals surface area contributed by atoms with Crippen LogP contribution in [0.15, 0.2) is 0 Å². The van der Waals surface area contributed by atoms with Crippen molar-refractivity contribution in [2.45, 2.75) is 58.8 Å². The van der Waals surface area contributed by atoms with E-state index in [2.05, 4.69) is 27.0 Å². The van der Waals surface area contributed by atoms with Crippen molar-refractivity contribution < 1.29 is 0 Å². The second-order valence-corrected chi connectivity index (χ2v) is 3.89. The van der Waals surface area contributed by atoms with Crippen LogP contribution < -0.4 is 5.32 Å². The lowest BCUT2D eigenvalue weighted by Gasteiger charge is -2.27. The monoisotopic (exact) mass is 181 g/mol. The average molecular weight is 181 g/mol. The molecule has 0 aliphatic carbocycles. The van der Waals surface area contributed by atoms with Gasteiger partial charge in [0.05, 0.1) is 7.85 Å². The topological polar surface area (TPSA) is 12.0 Å². The molecule has 1 N–H and O–H groups in total. The number of nitrogens with one attached hydrogen (secondary N) is 1. The molecule has 0 aromatic heterocycles. The fraction of sp³-hybridized carbons (Fsp3) is 1.00. The van der Waals surface area contributed by atoms with Gasteiger partial charge in [0.25, 0.3) is 0 Å². The minimum Gasteiger partial charge on any atom is -0.314 e. The Hall–Kier alpha value is 0.0249. The lowest BCUT2D eigenvalue weighted by molar-refractivity contribution is 0.304. The van der Waals surface area contributed by atoms with Crippen molar-refractivity contribution in [2.75, 3.05) is 6.54 Å². The Labute approximate surface area is 85.1 Å². The molecule has 2 radical (unpaired) electrons. The fourth-order valence-corrected chi connectivity index (χ4v) is 1.80. The molecule has 0 bridgehead atoms. The van der Waals surface area contributed by atoms with E-state index in [1.807, 2.05) is 0 Å². The van der Waals surface area contributed by atoms with Crippen LogP contribution in [0.25, 0.3) is 0 Å². The normalized spacial score (nSPS) is 27.6. The van der Waals surface area contributed by atoms with Gasteiger partial charge in [-0.2, -0.15) is 0 Å². The summed E-state index contributed by atoms with van der Waals surface area (Å²) in [5, 5.41) is 3.54. The van der Waals surface area contributed by atoms with Crippen LogP contribution in [0.3, 0.4) is 0 Å². The molecular formula is C11H24BN. The zero-order chi connectivity index (χ0) is 10.1. The zero-order valence-electron chi connectivity index (χ0n) is 9.47. The molecule has 2 heteroatoms. The van der Waals surface area contributed by atoms with E-state index in [4.69, 9.17) is 0 Å². The Kier molecular flexibility index (Phi) is 8.63. The molecule has 1 aliphatic heterocycles. The molecule has 1 aliphatic rings. The standard InChI is InChI=1S/C10H21N.CH3B/c1-3-4-5-10-7-6-9(2)11-8-10;1-2/h9-11H,3-8H2,1-2H3;1H3. The minimum absolute atomic E-state index is 0.771. The number of piperidine rings is 1. The van der Waals surface area contributed by atoms with Crippen LogP contribution in [0.1, 0.15) is 46.0 Å². The van der Waals surface area contributed by atoms with Gasteiger partial charge < -0.3 is 5.32 Å². The first-order valence-electron chi connectivity index (χ1n) is 5.64. The molecule has 2 atom stereocenters. The molecule has 1 saturated heterocycles. The summed E-state index contributed by atoms with van der Waals surface area (Å²) in [5.74, 6) is 0.978. The predicted molar refractivity (Wildman–Crippen MR) is 61.3 cm³/mol.